The summed E-state index contributed by atoms with van der Waals surface area (Å²) >= 11 is 2.31. The fraction of sp³-hybridized carbons (Fsp3) is 0.647. The Kier molecular flexibility index (Phi) is 6.62. The molecule has 0 bridgehead atoms. The first-order chi connectivity index (χ1) is 9.63. The Bertz CT molecular complexity index is 382. The molecule has 20 heavy (non-hydrogen) atoms. The molecule has 1 aliphatic heterocycles. The Morgan fingerprint density at radius 3 is 2.40 bits per heavy atom. The highest BCUT2D eigenvalue weighted by Crippen LogP contribution is 2.21. The van der Waals surface area contributed by atoms with Gasteiger partial charge in [-0.15, -0.1) is 0 Å². The molecule has 1 aromatic carbocycles. The van der Waals surface area contributed by atoms with Crippen molar-refractivity contribution in [3.05, 3.63) is 27.8 Å². The summed E-state index contributed by atoms with van der Waals surface area (Å²) in [6.45, 7) is 9.37. The van der Waals surface area contributed by atoms with Crippen molar-refractivity contribution in [3.8, 4) is 5.75 Å². The van der Waals surface area contributed by atoms with Gasteiger partial charge in [0.2, 0.25) is 0 Å². The Morgan fingerprint density at radius 1 is 1.10 bits per heavy atom. The van der Waals surface area contributed by atoms with E-state index in [4.69, 9.17) is 4.74 Å². The third-order valence-electron chi connectivity index (χ3n) is 3.90. The van der Waals surface area contributed by atoms with Crippen molar-refractivity contribution in [2.75, 3.05) is 26.2 Å². The zero-order chi connectivity index (χ0) is 14.4. The van der Waals surface area contributed by atoms with Gasteiger partial charge in [-0.1, -0.05) is 13.8 Å². The molecule has 2 atom stereocenters. The molecule has 1 aliphatic rings. The van der Waals surface area contributed by atoms with Gasteiger partial charge in [-0.25, -0.2) is 0 Å². The van der Waals surface area contributed by atoms with E-state index in [1.165, 1.54) is 36.0 Å². The van der Waals surface area contributed by atoms with Crippen molar-refractivity contribution in [3.63, 3.8) is 0 Å². The standard InChI is InChI=1S/C17H26INO/c1-14-11-15(2)13-19(12-14)9-3-4-10-20-17-7-5-16(18)6-8-17/h5-8,14-15H,3-4,9-13H2,1-2H3. The highest BCUT2D eigenvalue weighted by Gasteiger charge is 2.20. The fourth-order valence-corrected chi connectivity index (χ4v) is 3.49. The van der Waals surface area contributed by atoms with Crippen molar-refractivity contribution in [1.29, 1.82) is 0 Å². The van der Waals surface area contributed by atoms with Crippen molar-refractivity contribution in [2.45, 2.75) is 33.1 Å². The summed E-state index contributed by atoms with van der Waals surface area (Å²) < 4.78 is 7.02. The lowest BCUT2D eigenvalue weighted by atomic mass is 9.92. The van der Waals surface area contributed by atoms with E-state index in [0.717, 1.165) is 30.6 Å². The minimum Gasteiger partial charge on any atom is -0.494 e. The van der Waals surface area contributed by atoms with Crippen LogP contribution in [0.2, 0.25) is 0 Å². The van der Waals surface area contributed by atoms with Crippen molar-refractivity contribution in [1.82, 2.24) is 4.90 Å². The number of hydrogen-bond donors (Lipinski definition) is 0. The second-order valence-corrected chi connectivity index (χ2v) is 7.46. The molecule has 0 radical (unpaired) electrons. The second kappa shape index (κ2) is 8.23. The normalized spacial score (nSPS) is 23.8. The molecule has 1 aromatic rings. The van der Waals surface area contributed by atoms with Crippen LogP contribution in [0.4, 0.5) is 0 Å². The van der Waals surface area contributed by atoms with Crippen LogP contribution >= 0.6 is 22.6 Å². The summed E-state index contributed by atoms with van der Waals surface area (Å²) in [5, 5.41) is 0. The van der Waals surface area contributed by atoms with Crippen LogP contribution in [-0.4, -0.2) is 31.1 Å². The topological polar surface area (TPSA) is 12.5 Å². The second-order valence-electron chi connectivity index (χ2n) is 6.22. The Morgan fingerprint density at radius 2 is 1.75 bits per heavy atom. The van der Waals surface area contributed by atoms with Gasteiger partial charge in [0.25, 0.3) is 0 Å². The number of hydrogen-bond acceptors (Lipinski definition) is 2. The summed E-state index contributed by atoms with van der Waals surface area (Å²) in [7, 11) is 0. The molecule has 112 valence electrons. The Balaban J connectivity index is 1.58. The molecule has 0 aromatic heterocycles. The lowest BCUT2D eigenvalue weighted by Crippen LogP contribution is -2.39. The van der Waals surface area contributed by atoms with Crippen molar-refractivity contribution >= 4 is 22.6 Å². The molecule has 1 heterocycles. The summed E-state index contributed by atoms with van der Waals surface area (Å²) in [5.74, 6) is 2.72. The molecule has 2 rings (SSSR count). The molecule has 1 saturated heterocycles. The summed E-state index contributed by atoms with van der Waals surface area (Å²) in [5.41, 5.74) is 0. The molecule has 0 saturated carbocycles. The molecule has 2 nitrogen and oxygen atoms in total. The Hall–Kier alpha value is -0.290. The number of rotatable bonds is 6. The fourth-order valence-electron chi connectivity index (χ4n) is 3.13. The third-order valence-corrected chi connectivity index (χ3v) is 4.61. The molecule has 0 spiro atoms. The Labute approximate surface area is 137 Å². The van der Waals surface area contributed by atoms with E-state index >= 15 is 0 Å². The monoisotopic (exact) mass is 387 g/mol. The van der Waals surface area contributed by atoms with E-state index in [0.29, 0.717) is 0 Å². The van der Waals surface area contributed by atoms with Gasteiger partial charge < -0.3 is 9.64 Å². The van der Waals surface area contributed by atoms with Crippen LogP contribution < -0.4 is 4.74 Å². The van der Waals surface area contributed by atoms with Crippen LogP contribution in [0, 0.1) is 15.4 Å². The number of nitrogens with zero attached hydrogens (tertiary/aromatic N) is 1. The average molecular weight is 387 g/mol. The number of unbranched alkanes of at least 4 members (excludes halogenated alkanes) is 1. The van der Waals surface area contributed by atoms with E-state index in [1.54, 1.807) is 0 Å². The molecule has 3 heteroatoms. The van der Waals surface area contributed by atoms with Gasteiger partial charge in [0.1, 0.15) is 5.75 Å². The highest BCUT2D eigenvalue weighted by molar-refractivity contribution is 14.1. The first kappa shape index (κ1) is 16.1. The van der Waals surface area contributed by atoms with Crippen molar-refractivity contribution in [2.24, 2.45) is 11.8 Å². The third kappa shape index (κ3) is 5.60. The lowest BCUT2D eigenvalue weighted by molar-refractivity contribution is 0.136. The van der Waals surface area contributed by atoms with Crippen molar-refractivity contribution < 1.29 is 4.74 Å². The van der Waals surface area contributed by atoms with E-state index in [2.05, 4.69) is 65.6 Å². The van der Waals surface area contributed by atoms with Gasteiger partial charge >= 0.3 is 0 Å². The van der Waals surface area contributed by atoms with Crippen LogP contribution in [0.25, 0.3) is 0 Å². The summed E-state index contributed by atoms with van der Waals surface area (Å²) in [6, 6.07) is 8.28. The maximum absolute atomic E-state index is 5.77. The minimum atomic E-state index is 0.833. The van der Waals surface area contributed by atoms with Gasteiger partial charge in [0.15, 0.2) is 0 Å². The molecule has 0 amide bonds. The highest BCUT2D eigenvalue weighted by atomic mass is 127. The predicted octanol–water partition coefficient (Wildman–Crippen LogP) is 4.43. The largest absolute Gasteiger partial charge is 0.494 e. The van der Waals surface area contributed by atoms with Crippen LogP contribution in [-0.2, 0) is 0 Å². The number of benzene rings is 1. The van der Waals surface area contributed by atoms with Crippen LogP contribution in [0.3, 0.4) is 0 Å². The lowest BCUT2D eigenvalue weighted by Gasteiger charge is -2.34. The number of piperidine rings is 1. The average Bonchev–Trinajstić information content (AvgIpc) is 2.39. The zero-order valence-electron chi connectivity index (χ0n) is 12.6. The molecular formula is C17H26INO. The molecule has 2 unspecified atom stereocenters. The molecular weight excluding hydrogens is 361 g/mol. The maximum atomic E-state index is 5.77. The van der Waals surface area contributed by atoms with Crippen LogP contribution in [0.5, 0.6) is 5.75 Å². The summed E-state index contributed by atoms with van der Waals surface area (Å²) in [4.78, 5) is 2.63. The van der Waals surface area contributed by atoms with E-state index in [9.17, 15) is 0 Å². The van der Waals surface area contributed by atoms with E-state index in [1.807, 2.05) is 0 Å². The maximum Gasteiger partial charge on any atom is 0.119 e. The first-order valence-electron chi connectivity index (χ1n) is 7.74. The smallest absolute Gasteiger partial charge is 0.119 e. The van der Waals surface area contributed by atoms with Gasteiger partial charge in [-0.3, -0.25) is 0 Å². The SMILES string of the molecule is CC1CC(C)CN(CCCCOc2ccc(I)cc2)C1. The number of halogens is 1. The van der Waals surface area contributed by atoms with Gasteiger partial charge in [0, 0.05) is 16.7 Å². The number of ether oxygens (including phenoxy) is 1. The van der Waals surface area contributed by atoms with E-state index < -0.39 is 0 Å². The molecule has 0 N–H and O–H groups in total. The van der Waals surface area contributed by atoms with Gasteiger partial charge in [-0.05, 0) is 84.5 Å². The number of likely N-dealkylation sites (tertiary alicyclic amines) is 1. The predicted molar refractivity (Wildman–Crippen MR) is 93.3 cm³/mol. The molecule has 1 fully saturated rings. The minimum absolute atomic E-state index is 0.833. The summed E-state index contributed by atoms with van der Waals surface area (Å²) in [6.07, 6.45) is 3.78. The van der Waals surface area contributed by atoms with Gasteiger partial charge in [-0.2, -0.15) is 0 Å². The van der Waals surface area contributed by atoms with E-state index in [-0.39, 0.29) is 0 Å². The molecule has 0 aliphatic carbocycles. The quantitative estimate of drug-likeness (QED) is 0.529. The van der Waals surface area contributed by atoms with Crippen LogP contribution in [0.1, 0.15) is 33.1 Å². The van der Waals surface area contributed by atoms with Gasteiger partial charge in [0.05, 0.1) is 6.61 Å². The zero-order valence-corrected chi connectivity index (χ0v) is 14.8. The van der Waals surface area contributed by atoms with Crippen LogP contribution in [0.15, 0.2) is 24.3 Å². The first-order valence-corrected chi connectivity index (χ1v) is 8.82.